The Morgan fingerprint density at radius 1 is 0.786 bits per heavy atom. The Bertz CT molecular complexity index is 331. The Labute approximate surface area is 83.7 Å². The van der Waals surface area contributed by atoms with Gasteiger partial charge >= 0.3 is 0 Å². The summed E-state index contributed by atoms with van der Waals surface area (Å²) in [7, 11) is 0. The maximum atomic E-state index is 4.08. The molecule has 0 amide bonds. The van der Waals surface area contributed by atoms with Crippen molar-refractivity contribution in [1.82, 2.24) is 9.97 Å². The summed E-state index contributed by atoms with van der Waals surface area (Å²) in [6.07, 6.45) is 9.48. The van der Waals surface area contributed by atoms with Crippen molar-refractivity contribution in [3.8, 4) is 0 Å². The Kier molecular flexibility index (Phi) is 2.86. The van der Waals surface area contributed by atoms with Gasteiger partial charge in [-0.3, -0.25) is 9.97 Å². The summed E-state index contributed by atoms with van der Waals surface area (Å²) in [6, 6.07) is 8.14. The van der Waals surface area contributed by atoms with Crippen LogP contribution in [0.1, 0.15) is 11.1 Å². The molecule has 70 valence electrons. The van der Waals surface area contributed by atoms with Gasteiger partial charge in [-0.2, -0.15) is 0 Å². The van der Waals surface area contributed by atoms with Gasteiger partial charge < -0.3 is 0 Å². The molecule has 0 aliphatic heterocycles. The predicted molar refractivity (Wildman–Crippen MR) is 55.9 cm³/mol. The molecule has 0 saturated carbocycles. The Hall–Kier alpha value is -1.70. The molecule has 0 aliphatic carbocycles. The maximum Gasteiger partial charge on any atom is 0.0299 e. The number of aromatic nitrogens is 2. The SMILES string of the molecule is c1cncc(CCc2cccnc2)c1. The predicted octanol–water partition coefficient (Wildman–Crippen LogP) is 2.26. The average Bonchev–Trinajstić information content (AvgIpc) is 2.29. The van der Waals surface area contributed by atoms with Gasteiger partial charge in [0.05, 0.1) is 0 Å². The first kappa shape index (κ1) is 8.88. The first-order valence-electron chi connectivity index (χ1n) is 4.73. The molecule has 0 spiro atoms. The van der Waals surface area contributed by atoms with E-state index in [0.29, 0.717) is 0 Å². The fraction of sp³-hybridized carbons (Fsp3) is 0.167. The molecule has 2 aromatic rings. The summed E-state index contributed by atoms with van der Waals surface area (Å²) in [5, 5.41) is 0. The van der Waals surface area contributed by atoms with Crippen LogP contribution in [-0.2, 0) is 12.8 Å². The van der Waals surface area contributed by atoms with Crippen molar-refractivity contribution in [2.75, 3.05) is 0 Å². The van der Waals surface area contributed by atoms with Gasteiger partial charge in [-0.15, -0.1) is 0 Å². The van der Waals surface area contributed by atoms with E-state index in [0.717, 1.165) is 12.8 Å². The molecule has 0 N–H and O–H groups in total. The lowest BCUT2D eigenvalue weighted by molar-refractivity contribution is 0.941. The molecule has 0 fully saturated rings. The van der Waals surface area contributed by atoms with Crippen LogP contribution < -0.4 is 0 Å². The fourth-order valence-electron chi connectivity index (χ4n) is 1.38. The van der Waals surface area contributed by atoms with Gasteiger partial charge in [0.2, 0.25) is 0 Å². The van der Waals surface area contributed by atoms with Crippen LogP contribution in [0.4, 0.5) is 0 Å². The highest BCUT2D eigenvalue weighted by Gasteiger charge is 1.94. The minimum atomic E-state index is 1.03. The second-order valence-corrected chi connectivity index (χ2v) is 3.22. The van der Waals surface area contributed by atoms with Crippen molar-refractivity contribution in [1.29, 1.82) is 0 Å². The zero-order valence-corrected chi connectivity index (χ0v) is 7.93. The average molecular weight is 184 g/mol. The van der Waals surface area contributed by atoms with Crippen molar-refractivity contribution in [2.24, 2.45) is 0 Å². The second-order valence-electron chi connectivity index (χ2n) is 3.22. The smallest absolute Gasteiger partial charge is 0.0299 e. The van der Waals surface area contributed by atoms with Gasteiger partial charge in [-0.25, -0.2) is 0 Å². The van der Waals surface area contributed by atoms with Gasteiger partial charge in [0.25, 0.3) is 0 Å². The van der Waals surface area contributed by atoms with E-state index in [2.05, 4.69) is 22.1 Å². The van der Waals surface area contributed by atoms with Gasteiger partial charge in [0.1, 0.15) is 0 Å². The van der Waals surface area contributed by atoms with Crippen LogP contribution in [-0.4, -0.2) is 9.97 Å². The highest BCUT2D eigenvalue weighted by Crippen LogP contribution is 2.04. The molecule has 0 unspecified atom stereocenters. The first-order chi connectivity index (χ1) is 6.95. The van der Waals surface area contributed by atoms with Crippen LogP contribution in [0.2, 0.25) is 0 Å². The molecule has 2 heterocycles. The van der Waals surface area contributed by atoms with Crippen molar-refractivity contribution in [2.45, 2.75) is 12.8 Å². The third-order valence-electron chi connectivity index (χ3n) is 2.15. The molecule has 0 saturated heterocycles. The maximum absolute atomic E-state index is 4.08. The lowest BCUT2D eigenvalue weighted by Crippen LogP contribution is -1.91. The number of hydrogen-bond donors (Lipinski definition) is 0. The van der Waals surface area contributed by atoms with Crippen LogP contribution in [0.5, 0.6) is 0 Å². The van der Waals surface area contributed by atoms with Gasteiger partial charge in [0.15, 0.2) is 0 Å². The Morgan fingerprint density at radius 2 is 1.29 bits per heavy atom. The zero-order chi connectivity index (χ0) is 9.64. The molecule has 0 aliphatic rings. The highest BCUT2D eigenvalue weighted by atomic mass is 14.6. The molecule has 0 atom stereocenters. The number of rotatable bonds is 3. The summed E-state index contributed by atoms with van der Waals surface area (Å²) in [4.78, 5) is 8.16. The minimum absolute atomic E-state index is 1.03. The number of hydrogen-bond acceptors (Lipinski definition) is 2. The van der Waals surface area contributed by atoms with Crippen LogP contribution in [0.3, 0.4) is 0 Å². The monoisotopic (exact) mass is 184 g/mol. The molecule has 2 heteroatoms. The van der Waals surface area contributed by atoms with E-state index in [1.54, 1.807) is 12.4 Å². The fourth-order valence-corrected chi connectivity index (χ4v) is 1.38. The zero-order valence-electron chi connectivity index (χ0n) is 7.93. The summed E-state index contributed by atoms with van der Waals surface area (Å²) in [5.74, 6) is 0. The standard InChI is InChI=1S/C12H12N2/c1-3-11(9-13-7-1)5-6-12-4-2-8-14-10-12/h1-4,7-10H,5-6H2. The number of pyridine rings is 2. The number of aryl methyl sites for hydroxylation is 2. The lowest BCUT2D eigenvalue weighted by Gasteiger charge is -2.00. The van der Waals surface area contributed by atoms with E-state index in [9.17, 15) is 0 Å². The summed E-state index contributed by atoms with van der Waals surface area (Å²) < 4.78 is 0. The third-order valence-corrected chi connectivity index (χ3v) is 2.15. The first-order valence-corrected chi connectivity index (χ1v) is 4.73. The summed E-state index contributed by atoms with van der Waals surface area (Å²) >= 11 is 0. The molecule has 2 nitrogen and oxygen atoms in total. The van der Waals surface area contributed by atoms with Gasteiger partial charge in [-0.1, -0.05) is 12.1 Å². The van der Waals surface area contributed by atoms with Crippen LogP contribution in [0, 0.1) is 0 Å². The molecule has 0 radical (unpaired) electrons. The number of nitrogens with zero attached hydrogens (tertiary/aromatic N) is 2. The quantitative estimate of drug-likeness (QED) is 0.731. The largest absolute Gasteiger partial charge is 0.264 e. The van der Waals surface area contributed by atoms with Gasteiger partial charge in [0, 0.05) is 24.8 Å². The van der Waals surface area contributed by atoms with Crippen LogP contribution in [0.25, 0.3) is 0 Å². The van der Waals surface area contributed by atoms with E-state index in [4.69, 9.17) is 0 Å². The molecule has 2 rings (SSSR count). The Morgan fingerprint density at radius 3 is 1.64 bits per heavy atom. The third kappa shape index (κ3) is 2.39. The van der Waals surface area contributed by atoms with Gasteiger partial charge in [-0.05, 0) is 36.1 Å². The molecular weight excluding hydrogens is 172 g/mol. The minimum Gasteiger partial charge on any atom is -0.264 e. The molecule has 2 aromatic heterocycles. The molecular formula is C12H12N2. The van der Waals surface area contributed by atoms with Crippen molar-refractivity contribution in [3.63, 3.8) is 0 Å². The van der Waals surface area contributed by atoms with E-state index in [-0.39, 0.29) is 0 Å². The topological polar surface area (TPSA) is 25.8 Å². The summed E-state index contributed by atoms with van der Waals surface area (Å²) in [5.41, 5.74) is 2.55. The van der Waals surface area contributed by atoms with E-state index >= 15 is 0 Å². The normalized spacial score (nSPS) is 10.0. The molecule has 0 bridgehead atoms. The molecule has 0 aromatic carbocycles. The van der Waals surface area contributed by atoms with Crippen LogP contribution in [0.15, 0.2) is 49.1 Å². The summed E-state index contributed by atoms with van der Waals surface area (Å²) in [6.45, 7) is 0. The van der Waals surface area contributed by atoms with E-state index < -0.39 is 0 Å². The second kappa shape index (κ2) is 4.51. The lowest BCUT2D eigenvalue weighted by atomic mass is 10.1. The van der Waals surface area contributed by atoms with Crippen molar-refractivity contribution >= 4 is 0 Å². The Balaban J connectivity index is 1.96. The van der Waals surface area contributed by atoms with Crippen molar-refractivity contribution < 1.29 is 0 Å². The van der Waals surface area contributed by atoms with Crippen molar-refractivity contribution in [3.05, 3.63) is 60.2 Å². The van der Waals surface area contributed by atoms with Crippen LogP contribution >= 0.6 is 0 Å². The highest BCUT2D eigenvalue weighted by molar-refractivity contribution is 5.14. The van der Waals surface area contributed by atoms with E-state index in [1.165, 1.54) is 11.1 Å². The van der Waals surface area contributed by atoms with E-state index in [1.807, 2.05) is 24.5 Å². The molecule has 14 heavy (non-hydrogen) atoms.